The fourth-order valence-corrected chi connectivity index (χ4v) is 2.49. The van der Waals surface area contributed by atoms with Gasteiger partial charge in [0, 0.05) is 11.9 Å². The third-order valence-electron chi connectivity index (χ3n) is 3.59. The van der Waals surface area contributed by atoms with Crippen LogP contribution in [0.15, 0.2) is 30.5 Å². The van der Waals surface area contributed by atoms with Crippen molar-refractivity contribution in [2.45, 2.75) is 12.8 Å². The molecular formula is C14H18N4. The van der Waals surface area contributed by atoms with Crippen LogP contribution in [0.5, 0.6) is 0 Å². The van der Waals surface area contributed by atoms with Crippen LogP contribution in [-0.2, 0) is 0 Å². The van der Waals surface area contributed by atoms with Gasteiger partial charge in [0.05, 0.1) is 17.4 Å². The van der Waals surface area contributed by atoms with E-state index < -0.39 is 0 Å². The predicted molar refractivity (Wildman–Crippen MR) is 73.6 cm³/mol. The fraction of sp³-hybridized carbons (Fsp3) is 0.429. The van der Waals surface area contributed by atoms with Gasteiger partial charge in [-0.2, -0.15) is 10.2 Å². The fourth-order valence-electron chi connectivity index (χ4n) is 2.49. The van der Waals surface area contributed by atoms with E-state index in [0.717, 1.165) is 42.1 Å². The molecule has 18 heavy (non-hydrogen) atoms. The second-order valence-electron chi connectivity index (χ2n) is 4.85. The maximum atomic E-state index is 4.14. The molecule has 0 saturated carbocycles. The molecule has 94 valence electrons. The van der Waals surface area contributed by atoms with Crippen molar-refractivity contribution in [2.24, 2.45) is 5.92 Å². The van der Waals surface area contributed by atoms with Crippen LogP contribution in [0.3, 0.4) is 0 Å². The van der Waals surface area contributed by atoms with Gasteiger partial charge in [0.15, 0.2) is 0 Å². The highest BCUT2D eigenvalue weighted by Crippen LogP contribution is 2.21. The Hall–Kier alpha value is -1.68. The number of rotatable bonds is 3. The standard InChI is InChI=1S/C14H18N4/c1-2-4-13-12(3-1)14(10-17-18-13)16-9-11-5-7-15-8-6-11/h1-4,10-11,15H,5-9H2,(H,16,18). The topological polar surface area (TPSA) is 49.8 Å². The molecule has 1 aliphatic heterocycles. The molecule has 0 spiro atoms. The molecule has 0 aliphatic carbocycles. The van der Waals surface area contributed by atoms with Crippen molar-refractivity contribution in [3.05, 3.63) is 30.5 Å². The Labute approximate surface area is 107 Å². The number of nitrogens with one attached hydrogen (secondary N) is 2. The van der Waals surface area contributed by atoms with E-state index in [9.17, 15) is 0 Å². The SMILES string of the molecule is c1ccc2c(NCC3CCNCC3)cnnc2c1. The van der Waals surface area contributed by atoms with Crippen LogP contribution in [0.25, 0.3) is 10.9 Å². The summed E-state index contributed by atoms with van der Waals surface area (Å²) in [5.74, 6) is 0.762. The van der Waals surface area contributed by atoms with Gasteiger partial charge in [-0.3, -0.25) is 0 Å². The molecule has 1 saturated heterocycles. The first-order chi connectivity index (χ1) is 8.93. The van der Waals surface area contributed by atoms with Crippen molar-refractivity contribution in [1.82, 2.24) is 15.5 Å². The summed E-state index contributed by atoms with van der Waals surface area (Å²) in [6, 6.07) is 8.13. The average Bonchev–Trinajstić information content (AvgIpc) is 2.46. The third kappa shape index (κ3) is 2.43. The van der Waals surface area contributed by atoms with E-state index in [1.54, 1.807) is 0 Å². The van der Waals surface area contributed by atoms with Crippen LogP contribution in [0.1, 0.15) is 12.8 Å². The molecule has 1 aromatic carbocycles. The number of hydrogen-bond donors (Lipinski definition) is 2. The molecule has 1 aromatic heterocycles. The van der Waals surface area contributed by atoms with Crippen molar-refractivity contribution in [3.8, 4) is 0 Å². The summed E-state index contributed by atoms with van der Waals surface area (Å²) < 4.78 is 0. The molecule has 0 radical (unpaired) electrons. The summed E-state index contributed by atoms with van der Waals surface area (Å²) in [5, 5.41) is 16.3. The van der Waals surface area contributed by atoms with Crippen LogP contribution in [-0.4, -0.2) is 29.8 Å². The van der Waals surface area contributed by atoms with Crippen LogP contribution < -0.4 is 10.6 Å². The van der Waals surface area contributed by atoms with Crippen LogP contribution in [0.4, 0.5) is 5.69 Å². The van der Waals surface area contributed by atoms with Gasteiger partial charge in [-0.05, 0) is 37.9 Å². The lowest BCUT2D eigenvalue weighted by atomic mass is 9.98. The summed E-state index contributed by atoms with van der Waals surface area (Å²) in [5.41, 5.74) is 2.05. The number of piperidine rings is 1. The predicted octanol–water partition coefficient (Wildman–Crippen LogP) is 2.04. The van der Waals surface area contributed by atoms with Crippen molar-refractivity contribution in [1.29, 1.82) is 0 Å². The number of anilines is 1. The minimum atomic E-state index is 0.762. The number of aromatic nitrogens is 2. The summed E-state index contributed by atoms with van der Waals surface area (Å²) in [7, 11) is 0. The van der Waals surface area contributed by atoms with E-state index in [1.807, 2.05) is 24.4 Å². The Morgan fingerprint density at radius 2 is 2.06 bits per heavy atom. The number of fused-ring (bicyclic) bond motifs is 1. The average molecular weight is 242 g/mol. The molecule has 1 aliphatic rings. The van der Waals surface area contributed by atoms with E-state index >= 15 is 0 Å². The molecule has 2 aromatic rings. The van der Waals surface area contributed by atoms with Gasteiger partial charge < -0.3 is 10.6 Å². The van der Waals surface area contributed by atoms with Crippen LogP contribution in [0.2, 0.25) is 0 Å². The molecule has 0 bridgehead atoms. The monoisotopic (exact) mass is 242 g/mol. The van der Waals surface area contributed by atoms with Crippen molar-refractivity contribution in [2.75, 3.05) is 25.0 Å². The van der Waals surface area contributed by atoms with Gasteiger partial charge >= 0.3 is 0 Å². The zero-order valence-corrected chi connectivity index (χ0v) is 10.4. The van der Waals surface area contributed by atoms with E-state index in [0.29, 0.717) is 0 Å². The Morgan fingerprint density at radius 3 is 2.94 bits per heavy atom. The highest BCUT2D eigenvalue weighted by molar-refractivity contribution is 5.90. The maximum Gasteiger partial charge on any atom is 0.0950 e. The largest absolute Gasteiger partial charge is 0.383 e. The lowest BCUT2D eigenvalue weighted by Gasteiger charge is -2.23. The first-order valence-corrected chi connectivity index (χ1v) is 6.58. The number of nitrogens with zero attached hydrogens (tertiary/aromatic N) is 2. The molecule has 0 atom stereocenters. The lowest BCUT2D eigenvalue weighted by molar-refractivity contribution is 0.390. The van der Waals surface area contributed by atoms with Crippen LogP contribution >= 0.6 is 0 Å². The van der Waals surface area contributed by atoms with Gasteiger partial charge in [0.2, 0.25) is 0 Å². The van der Waals surface area contributed by atoms with E-state index in [4.69, 9.17) is 0 Å². The molecule has 4 nitrogen and oxygen atoms in total. The summed E-state index contributed by atoms with van der Waals surface area (Å²) in [4.78, 5) is 0. The number of benzene rings is 1. The van der Waals surface area contributed by atoms with Crippen LogP contribution in [0, 0.1) is 5.92 Å². The quantitative estimate of drug-likeness (QED) is 0.865. The number of hydrogen-bond acceptors (Lipinski definition) is 4. The summed E-state index contributed by atoms with van der Waals surface area (Å²) >= 11 is 0. The highest BCUT2D eigenvalue weighted by atomic mass is 15.1. The van der Waals surface area contributed by atoms with E-state index in [2.05, 4.69) is 26.9 Å². The van der Waals surface area contributed by atoms with Crippen molar-refractivity contribution < 1.29 is 0 Å². The Morgan fingerprint density at radius 1 is 1.22 bits per heavy atom. The molecule has 2 heterocycles. The molecule has 2 N–H and O–H groups in total. The minimum Gasteiger partial charge on any atom is -0.383 e. The zero-order valence-electron chi connectivity index (χ0n) is 10.4. The normalized spacial score (nSPS) is 16.9. The first kappa shape index (κ1) is 11.4. The minimum absolute atomic E-state index is 0.762. The van der Waals surface area contributed by atoms with Gasteiger partial charge in [0.25, 0.3) is 0 Å². The van der Waals surface area contributed by atoms with Gasteiger partial charge in [-0.25, -0.2) is 0 Å². The van der Waals surface area contributed by atoms with Crippen molar-refractivity contribution >= 4 is 16.6 Å². The van der Waals surface area contributed by atoms with Crippen molar-refractivity contribution in [3.63, 3.8) is 0 Å². The molecule has 4 heteroatoms. The Bertz CT molecular complexity index is 515. The Balaban J connectivity index is 1.74. The summed E-state index contributed by atoms with van der Waals surface area (Å²) in [6.07, 6.45) is 4.33. The van der Waals surface area contributed by atoms with Gasteiger partial charge in [-0.15, -0.1) is 0 Å². The Kier molecular flexibility index (Phi) is 3.37. The molecule has 0 unspecified atom stereocenters. The highest BCUT2D eigenvalue weighted by Gasteiger charge is 2.13. The second-order valence-corrected chi connectivity index (χ2v) is 4.85. The van der Waals surface area contributed by atoms with Gasteiger partial charge in [0.1, 0.15) is 0 Å². The van der Waals surface area contributed by atoms with Gasteiger partial charge in [-0.1, -0.05) is 18.2 Å². The van der Waals surface area contributed by atoms with E-state index in [-0.39, 0.29) is 0 Å². The molecule has 0 amide bonds. The molecular weight excluding hydrogens is 224 g/mol. The second kappa shape index (κ2) is 5.31. The third-order valence-corrected chi connectivity index (χ3v) is 3.59. The van der Waals surface area contributed by atoms with E-state index in [1.165, 1.54) is 12.8 Å². The smallest absolute Gasteiger partial charge is 0.0950 e. The zero-order chi connectivity index (χ0) is 12.2. The summed E-state index contributed by atoms with van der Waals surface area (Å²) in [6.45, 7) is 3.31. The molecule has 1 fully saturated rings. The first-order valence-electron chi connectivity index (χ1n) is 6.58. The molecule has 3 rings (SSSR count). The maximum absolute atomic E-state index is 4.14. The lowest BCUT2D eigenvalue weighted by Crippen LogP contribution is -2.31.